The summed E-state index contributed by atoms with van der Waals surface area (Å²) in [6.07, 6.45) is 1.01. The van der Waals surface area contributed by atoms with Gasteiger partial charge >= 0.3 is 0 Å². The van der Waals surface area contributed by atoms with Gasteiger partial charge in [0.25, 0.3) is 5.91 Å². The van der Waals surface area contributed by atoms with Gasteiger partial charge in [0.15, 0.2) is 0 Å². The van der Waals surface area contributed by atoms with Crippen molar-refractivity contribution >= 4 is 35.0 Å². The van der Waals surface area contributed by atoms with Crippen LogP contribution in [-0.4, -0.2) is 65.2 Å². The predicted octanol–water partition coefficient (Wildman–Crippen LogP) is 3.80. The molecule has 0 unspecified atom stereocenters. The second kappa shape index (κ2) is 10.5. The van der Waals surface area contributed by atoms with Gasteiger partial charge in [0, 0.05) is 24.7 Å². The molecular formula is C28H35ClN4O3. The number of piperidine rings is 1. The van der Waals surface area contributed by atoms with Crippen LogP contribution in [0.2, 0.25) is 0 Å². The van der Waals surface area contributed by atoms with Crippen LogP contribution in [0, 0.1) is 5.41 Å². The molecule has 8 heteroatoms. The van der Waals surface area contributed by atoms with Crippen molar-refractivity contribution in [2.24, 2.45) is 5.41 Å². The Hall–Kier alpha value is -3.06. The van der Waals surface area contributed by atoms with Crippen LogP contribution in [0.25, 0.3) is 0 Å². The lowest BCUT2D eigenvalue weighted by molar-refractivity contribution is -0.144. The molecule has 2 aliphatic heterocycles. The Morgan fingerprint density at radius 3 is 2.19 bits per heavy atom. The Morgan fingerprint density at radius 1 is 1.03 bits per heavy atom. The van der Waals surface area contributed by atoms with Crippen molar-refractivity contribution in [2.75, 3.05) is 37.1 Å². The number of likely N-dealkylation sites (tertiary alicyclic amines) is 1. The van der Waals surface area contributed by atoms with Crippen molar-refractivity contribution in [3.63, 3.8) is 0 Å². The van der Waals surface area contributed by atoms with E-state index in [1.165, 1.54) is 0 Å². The number of nitrogens with one attached hydrogen (secondary N) is 1. The number of benzene rings is 2. The van der Waals surface area contributed by atoms with E-state index in [-0.39, 0.29) is 36.2 Å². The number of hydrogen-bond donors (Lipinski definition) is 1. The Kier molecular flexibility index (Phi) is 7.59. The fourth-order valence-corrected chi connectivity index (χ4v) is 5.29. The van der Waals surface area contributed by atoms with Gasteiger partial charge < -0.3 is 20.0 Å². The first kappa shape index (κ1) is 26.0. The first-order valence-corrected chi connectivity index (χ1v) is 13.0. The number of alkyl halides is 1. The van der Waals surface area contributed by atoms with Gasteiger partial charge in [-0.05, 0) is 51.3 Å². The van der Waals surface area contributed by atoms with Crippen molar-refractivity contribution in [1.82, 2.24) is 15.1 Å². The summed E-state index contributed by atoms with van der Waals surface area (Å²) in [6, 6.07) is 19.4. The molecule has 1 N–H and O–H groups in total. The molecule has 4 rings (SSSR count). The molecule has 36 heavy (non-hydrogen) atoms. The van der Waals surface area contributed by atoms with Gasteiger partial charge in [0.05, 0.1) is 18.1 Å². The van der Waals surface area contributed by atoms with E-state index in [4.69, 9.17) is 11.6 Å². The number of hydrogen-bond acceptors (Lipinski definition) is 4. The van der Waals surface area contributed by atoms with Crippen molar-refractivity contribution in [1.29, 1.82) is 0 Å². The van der Waals surface area contributed by atoms with Crippen molar-refractivity contribution in [3.05, 3.63) is 66.2 Å². The number of rotatable bonds is 7. The van der Waals surface area contributed by atoms with Gasteiger partial charge in [-0.15, -0.1) is 11.6 Å². The lowest BCUT2D eigenvalue weighted by atomic mass is 9.84. The first-order chi connectivity index (χ1) is 17.2. The van der Waals surface area contributed by atoms with Crippen LogP contribution in [-0.2, 0) is 14.4 Å². The van der Waals surface area contributed by atoms with Crippen molar-refractivity contribution in [3.8, 4) is 0 Å². The largest absolute Gasteiger partial charge is 0.348 e. The summed E-state index contributed by atoms with van der Waals surface area (Å²) >= 11 is 6.04. The summed E-state index contributed by atoms with van der Waals surface area (Å²) < 4.78 is 0. The maximum Gasteiger partial charge on any atom is 0.250 e. The molecule has 0 aromatic heterocycles. The molecule has 1 spiro atoms. The van der Waals surface area contributed by atoms with E-state index in [0.29, 0.717) is 32.6 Å². The highest BCUT2D eigenvalue weighted by molar-refractivity contribution is 6.19. The monoisotopic (exact) mass is 510 g/mol. The van der Waals surface area contributed by atoms with E-state index in [2.05, 4.69) is 10.2 Å². The van der Waals surface area contributed by atoms with Gasteiger partial charge in [-0.1, -0.05) is 48.5 Å². The zero-order valence-electron chi connectivity index (χ0n) is 21.2. The molecule has 3 amide bonds. The zero-order valence-corrected chi connectivity index (χ0v) is 22.0. The summed E-state index contributed by atoms with van der Waals surface area (Å²) in [4.78, 5) is 45.4. The van der Waals surface area contributed by atoms with Crippen LogP contribution >= 0.6 is 11.6 Å². The second-order valence-corrected chi connectivity index (χ2v) is 10.7. The highest BCUT2D eigenvalue weighted by Gasteiger charge is 2.54. The van der Waals surface area contributed by atoms with Crippen molar-refractivity contribution < 1.29 is 14.4 Å². The minimum absolute atomic E-state index is 0.00944. The summed E-state index contributed by atoms with van der Waals surface area (Å²) in [5, 5.41) is 3.02. The molecule has 192 valence electrons. The molecule has 2 saturated heterocycles. The Bertz CT molecular complexity index is 1080. The minimum Gasteiger partial charge on any atom is -0.348 e. The number of nitrogens with zero attached hydrogens (tertiary/aromatic N) is 3. The molecule has 7 nitrogen and oxygen atoms in total. The summed E-state index contributed by atoms with van der Waals surface area (Å²) in [7, 11) is 0. The third-order valence-electron chi connectivity index (χ3n) is 7.38. The second-order valence-electron chi connectivity index (χ2n) is 10.4. The van der Waals surface area contributed by atoms with E-state index in [0.717, 1.165) is 11.3 Å². The highest BCUT2D eigenvalue weighted by atomic mass is 35.5. The minimum atomic E-state index is -0.783. The smallest absolute Gasteiger partial charge is 0.250 e. The fraction of sp³-hybridized carbons (Fsp3) is 0.464. The normalized spacial score (nSPS) is 18.4. The van der Waals surface area contributed by atoms with Crippen LogP contribution in [0.15, 0.2) is 60.7 Å². The van der Waals surface area contributed by atoms with Crippen LogP contribution in [0.3, 0.4) is 0 Å². The maximum atomic E-state index is 13.9. The highest BCUT2D eigenvalue weighted by Crippen LogP contribution is 2.40. The Balaban J connectivity index is 1.51. The number of halogens is 1. The van der Waals surface area contributed by atoms with Crippen molar-refractivity contribution in [2.45, 2.75) is 45.2 Å². The maximum absolute atomic E-state index is 13.9. The van der Waals surface area contributed by atoms with E-state index < -0.39 is 11.0 Å². The fourth-order valence-electron chi connectivity index (χ4n) is 5.17. The topological polar surface area (TPSA) is 73.0 Å². The lowest BCUT2D eigenvalue weighted by Gasteiger charge is -2.44. The summed E-state index contributed by atoms with van der Waals surface area (Å²) in [6.45, 7) is 6.89. The Morgan fingerprint density at radius 2 is 1.61 bits per heavy atom. The molecular weight excluding hydrogens is 476 g/mol. The third kappa shape index (κ3) is 5.07. The molecule has 0 aliphatic carbocycles. The number of carbonyl (C=O) groups excluding carboxylic acids is 3. The number of carbonyl (C=O) groups is 3. The molecule has 2 aromatic rings. The first-order valence-electron chi connectivity index (χ1n) is 12.5. The third-order valence-corrected chi connectivity index (χ3v) is 8.05. The number of para-hydroxylation sites is 1. The van der Waals surface area contributed by atoms with Gasteiger partial charge in [0.1, 0.15) is 12.1 Å². The van der Waals surface area contributed by atoms with E-state index >= 15 is 0 Å². The molecule has 1 atom stereocenters. The molecule has 2 aromatic carbocycles. The van der Waals surface area contributed by atoms with Crippen LogP contribution < -0.4 is 10.2 Å². The van der Waals surface area contributed by atoms with Gasteiger partial charge in [-0.25, -0.2) is 0 Å². The van der Waals surface area contributed by atoms with E-state index in [1.54, 1.807) is 4.90 Å². The van der Waals surface area contributed by atoms with Gasteiger partial charge in [-0.3, -0.25) is 14.4 Å². The molecule has 0 bridgehead atoms. The quantitative estimate of drug-likeness (QED) is 0.575. The lowest BCUT2D eigenvalue weighted by Crippen LogP contribution is -2.58. The predicted molar refractivity (Wildman–Crippen MR) is 142 cm³/mol. The molecule has 2 fully saturated rings. The average Bonchev–Trinajstić information content (AvgIpc) is 3.15. The summed E-state index contributed by atoms with van der Waals surface area (Å²) in [5.41, 5.74) is 0.518. The van der Waals surface area contributed by atoms with Gasteiger partial charge in [-0.2, -0.15) is 0 Å². The van der Waals surface area contributed by atoms with E-state index in [9.17, 15) is 14.4 Å². The van der Waals surface area contributed by atoms with E-state index in [1.807, 2.05) is 86.3 Å². The average molecular weight is 511 g/mol. The number of anilines is 1. The van der Waals surface area contributed by atoms with Gasteiger partial charge in [0.2, 0.25) is 11.8 Å². The van der Waals surface area contributed by atoms with Crippen LogP contribution in [0.4, 0.5) is 5.69 Å². The zero-order chi connectivity index (χ0) is 25.9. The number of amides is 3. The summed E-state index contributed by atoms with van der Waals surface area (Å²) in [5.74, 6) is 0.00123. The molecule has 0 saturated carbocycles. The molecule has 2 aliphatic rings. The molecule has 0 radical (unpaired) electrons. The van der Waals surface area contributed by atoms with Crippen LogP contribution in [0.5, 0.6) is 0 Å². The standard InChI is InChI=1S/C28H35ClN4O3/c1-21(22-10-6-4-7-11-22)30-24(34)18-32-20-33(23-12-8-5-9-13-23)28(26(32)36)14-16-31(17-15-28)25(35)27(2,3)19-29/h4-13,21H,14-20H2,1-3H3,(H,30,34)/t21-/m1/s1. The van der Waals surface area contributed by atoms with Crippen LogP contribution in [0.1, 0.15) is 45.2 Å². The SMILES string of the molecule is C[C@@H](NC(=O)CN1CN(c2ccccc2)C2(CCN(C(=O)C(C)(C)CCl)CC2)C1=O)c1ccccc1. The Labute approximate surface area is 218 Å². The molecule has 2 heterocycles.